The number of ether oxygens (including phenoxy) is 1. The molecule has 0 amide bonds. The van der Waals surface area contributed by atoms with Crippen LogP contribution in [0.5, 0.6) is 0 Å². The molecule has 54 valence electrons. The van der Waals surface area contributed by atoms with Crippen LogP contribution in [0.4, 0.5) is 0 Å². The summed E-state index contributed by atoms with van der Waals surface area (Å²) in [5.41, 5.74) is 0.377. The second-order valence-corrected chi connectivity index (χ2v) is 2.03. The highest BCUT2D eigenvalue weighted by Gasteiger charge is 2.21. The molecule has 1 heterocycles. The van der Waals surface area contributed by atoms with E-state index < -0.39 is 5.97 Å². The topological polar surface area (TPSA) is 51.0 Å². The number of methoxy groups -OCH3 is 1. The molecule has 0 aliphatic carbocycles. The van der Waals surface area contributed by atoms with Gasteiger partial charge in [0, 0.05) is 12.1 Å². The summed E-state index contributed by atoms with van der Waals surface area (Å²) in [5, 5.41) is 7.18. The lowest BCUT2D eigenvalue weighted by Gasteiger charge is -1.99. The summed E-state index contributed by atoms with van der Waals surface area (Å²) in [6, 6.07) is 0. The molecule has 0 aromatic rings. The third kappa shape index (κ3) is 1.05. The molecule has 10 heavy (non-hydrogen) atoms. The molecule has 0 saturated carbocycles. The van der Waals surface area contributed by atoms with Crippen LogP contribution in [0.15, 0.2) is 10.2 Å². The molecular formula is C6H8N2O2. The van der Waals surface area contributed by atoms with Crippen LogP contribution in [0.1, 0.15) is 6.92 Å². The SMILES string of the molecule is COC(=O)C1=NN=CC1C. The lowest BCUT2D eigenvalue weighted by atomic mass is 10.1. The highest BCUT2D eigenvalue weighted by molar-refractivity contribution is 6.40. The van der Waals surface area contributed by atoms with Gasteiger partial charge >= 0.3 is 5.97 Å². The molecule has 1 rings (SSSR count). The van der Waals surface area contributed by atoms with Crippen LogP contribution in [0.25, 0.3) is 0 Å². The number of nitrogens with zero attached hydrogens (tertiary/aromatic N) is 2. The van der Waals surface area contributed by atoms with Gasteiger partial charge in [0.1, 0.15) is 0 Å². The maximum Gasteiger partial charge on any atom is 0.354 e. The molecule has 4 heteroatoms. The average Bonchev–Trinajstić information content (AvgIpc) is 2.34. The van der Waals surface area contributed by atoms with E-state index in [1.54, 1.807) is 6.21 Å². The van der Waals surface area contributed by atoms with Crippen molar-refractivity contribution in [2.24, 2.45) is 16.1 Å². The largest absolute Gasteiger partial charge is 0.464 e. The van der Waals surface area contributed by atoms with Crippen molar-refractivity contribution < 1.29 is 9.53 Å². The van der Waals surface area contributed by atoms with Gasteiger partial charge in [-0.3, -0.25) is 0 Å². The lowest BCUT2D eigenvalue weighted by Crippen LogP contribution is -2.21. The molecule has 0 saturated heterocycles. The molecule has 0 aromatic carbocycles. The maximum atomic E-state index is 10.8. The zero-order valence-electron chi connectivity index (χ0n) is 5.87. The molecule has 0 aromatic heterocycles. The Morgan fingerprint density at radius 1 is 1.80 bits per heavy atom. The molecule has 1 unspecified atom stereocenters. The van der Waals surface area contributed by atoms with Crippen molar-refractivity contribution in [1.29, 1.82) is 0 Å². The minimum absolute atomic E-state index is 0.00699. The monoisotopic (exact) mass is 140 g/mol. The van der Waals surface area contributed by atoms with Crippen molar-refractivity contribution >= 4 is 17.9 Å². The van der Waals surface area contributed by atoms with E-state index in [1.807, 2.05) is 6.92 Å². The van der Waals surface area contributed by atoms with Gasteiger partial charge in [-0.25, -0.2) is 4.79 Å². The van der Waals surface area contributed by atoms with Crippen molar-refractivity contribution in [1.82, 2.24) is 0 Å². The number of hydrogen-bond donors (Lipinski definition) is 0. The maximum absolute atomic E-state index is 10.8. The van der Waals surface area contributed by atoms with Crippen molar-refractivity contribution in [3.05, 3.63) is 0 Å². The first kappa shape index (κ1) is 6.92. The van der Waals surface area contributed by atoms with Gasteiger partial charge in [-0.15, -0.1) is 5.10 Å². The Morgan fingerprint density at radius 3 is 2.90 bits per heavy atom. The highest BCUT2D eigenvalue weighted by atomic mass is 16.5. The smallest absolute Gasteiger partial charge is 0.354 e. The van der Waals surface area contributed by atoms with Gasteiger partial charge in [-0.1, -0.05) is 6.92 Å². The van der Waals surface area contributed by atoms with Crippen molar-refractivity contribution in [3.8, 4) is 0 Å². The van der Waals surface area contributed by atoms with Crippen molar-refractivity contribution in [2.45, 2.75) is 6.92 Å². The number of rotatable bonds is 1. The predicted molar refractivity (Wildman–Crippen MR) is 37.1 cm³/mol. The molecule has 0 bridgehead atoms. The summed E-state index contributed by atoms with van der Waals surface area (Å²) in [5.74, 6) is -0.405. The van der Waals surface area contributed by atoms with E-state index in [0.717, 1.165) is 0 Å². The Hall–Kier alpha value is -1.19. The molecule has 0 spiro atoms. The van der Waals surface area contributed by atoms with Gasteiger partial charge in [0.15, 0.2) is 5.71 Å². The molecule has 4 nitrogen and oxygen atoms in total. The van der Waals surface area contributed by atoms with Gasteiger partial charge in [0.2, 0.25) is 0 Å². The molecule has 1 aliphatic heterocycles. The fraction of sp³-hybridized carbons (Fsp3) is 0.500. The zero-order chi connectivity index (χ0) is 7.56. The summed E-state index contributed by atoms with van der Waals surface area (Å²) in [4.78, 5) is 10.8. The van der Waals surface area contributed by atoms with E-state index in [2.05, 4.69) is 14.9 Å². The normalized spacial score (nSPS) is 22.6. The van der Waals surface area contributed by atoms with Gasteiger partial charge < -0.3 is 4.74 Å². The number of hydrogen-bond acceptors (Lipinski definition) is 4. The molecular weight excluding hydrogens is 132 g/mol. The van der Waals surface area contributed by atoms with Crippen molar-refractivity contribution in [2.75, 3.05) is 7.11 Å². The van der Waals surface area contributed by atoms with E-state index in [-0.39, 0.29) is 5.92 Å². The minimum Gasteiger partial charge on any atom is -0.464 e. The van der Waals surface area contributed by atoms with Crippen LogP contribution in [-0.2, 0) is 9.53 Å². The van der Waals surface area contributed by atoms with Crippen LogP contribution in [0.3, 0.4) is 0 Å². The zero-order valence-corrected chi connectivity index (χ0v) is 5.87. The van der Waals surface area contributed by atoms with Crippen LogP contribution in [0, 0.1) is 5.92 Å². The fourth-order valence-electron chi connectivity index (χ4n) is 0.688. The second-order valence-electron chi connectivity index (χ2n) is 2.03. The van der Waals surface area contributed by atoms with E-state index in [9.17, 15) is 4.79 Å². The van der Waals surface area contributed by atoms with Crippen LogP contribution < -0.4 is 0 Å². The Kier molecular flexibility index (Phi) is 1.80. The van der Waals surface area contributed by atoms with Crippen molar-refractivity contribution in [3.63, 3.8) is 0 Å². The number of carbonyl (C=O) groups is 1. The molecule has 0 fully saturated rings. The molecule has 0 radical (unpaired) electrons. The van der Waals surface area contributed by atoms with Crippen LogP contribution in [0.2, 0.25) is 0 Å². The van der Waals surface area contributed by atoms with Gasteiger partial charge in [-0.2, -0.15) is 5.10 Å². The Balaban J connectivity index is 2.68. The van der Waals surface area contributed by atoms with E-state index in [0.29, 0.717) is 5.71 Å². The molecule has 1 atom stereocenters. The summed E-state index contributed by atoms with van der Waals surface area (Å²) in [6.07, 6.45) is 1.60. The molecule has 1 aliphatic rings. The Labute approximate surface area is 58.6 Å². The van der Waals surface area contributed by atoms with Gasteiger partial charge in [-0.05, 0) is 0 Å². The first-order chi connectivity index (χ1) is 4.75. The Morgan fingerprint density at radius 2 is 2.50 bits per heavy atom. The highest BCUT2D eigenvalue weighted by Crippen LogP contribution is 2.04. The number of esters is 1. The van der Waals surface area contributed by atoms with E-state index in [1.165, 1.54) is 7.11 Å². The molecule has 0 N–H and O–H groups in total. The fourth-order valence-corrected chi connectivity index (χ4v) is 0.688. The van der Waals surface area contributed by atoms with Gasteiger partial charge in [0.25, 0.3) is 0 Å². The summed E-state index contributed by atoms with van der Waals surface area (Å²) >= 11 is 0. The minimum atomic E-state index is -0.398. The summed E-state index contributed by atoms with van der Waals surface area (Å²) < 4.78 is 4.45. The summed E-state index contributed by atoms with van der Waals surface area (Å²) in [7, 11) is 1.33. The predicted octanol–water partition coefficient (Wildman–Crippen LogP) is 0.236. The number of carbonyl (C=O) groups excluding carboxylic acids is 1. The first-order valence-corrected chi connectivity index (χ1v) is 2.95. The average molecular weight is 140 g/mol. The quantitative estimate of drug-likeness (QED) is 0.490. The lowest BCUT2D eigenvalue weighted by molar-refractivity contribution is -0.132. The standard InChI is InChI=1S/C6H8N2O2/c1-4-3-7-8-5(4)6(9)10-2/h3-4H,1-2H3. The third-order valence-corrected chi connectivity index (χ3v) is 1.28. The van der Waals surface area contributed by atoms with Gasteiger partial charge in [0.05, 0.1) is 7.11 Å². The van der Waals surface area contributed by atoms with E-state index in [4.69, 9.17) is 0 Å². The third-order valence-electron chi connectivity index (χ3n) is 1.28. The van der Waals surface area contributed by atoms with E-state index >= 15 is 0 Å². The van der Waals surface area contributed by atoms with Crippen LogP contribution in [-0.4, -0.2) is 25.0 Å². The Bertz CT molecular complexity index is 208. The second kappa shape index (κ2) is 2.60. The van der Waals surface area contributed by atoms with Crippen LogP contribution >= 0.6 is 0 Å². The summed E-state index contributed by atoms with van der Waals surface area (Å²) in [6.45, 7) is 1.84. The first-order valence-electron chi connectivity index (χ1n) is 2.95.